The molecule has 0 saturated heterocycles. The second-order valence-corrected chi connectivity index (χ2v) is 5.97. The summed E-state index contributed by atoms with van der Waals surface area (Å²) in [7, 11) is 3.25. The molecule has 23 heavy (non-hydrogen) atoms. The minimum Gasteiger partial charge on any atom is -0.496 e. The van der Waals surface area contributed by atoms with Crippen molar-refractivity contribution in [3.63, 3.8) is 0 Å². The summed E-state index contributed by atoms with van der Waals surface area (Å²) < 4.78 is 26.5. The van der Waals surface area contributed by atoms with Gasteiger partial charge in [0.25, 0.3) is 0 Å². The number of methoxy groups -OCH3 is 2. The van der Waals surface area contributed by atoms with Crippen LogP contribution >= 0.6 is 11.3 Å². The van der Waals surface area contributed by atoms with E-state index in [0.717, 1.165) is 4.88 Å². The third-order valence-electron chi connectivity index (χ3n) is 3.63. The maximum atomic E-state index is 13.6. The van der Waals surface area contributed by atoms with Crippen molar-refractivity contribution in [2.75, 3.05) is 14.2 Å². The average molecular weight is 332 g/mol. The molecule has 1 atom stereocenters. The second-order valence-electron chi connectivity index (χ2n) is 4.99. The van der Waals surface area contributed by atoms with Gasteiger partial charge in [-0.25, -0.2) is 9.37 Å². The Morgan fingerprint density at radius 3 is 2.87 bits per heavy atom. The van der Waals surface area contributed by atoms with Crippen LogP contribution in [0.25, 0.3) is 11.4 Å². The van der Waals surface area contributed by atoms with Gasteiger partial charge >= 0.3 is 0 Å². The van der Waals surface area contributed by atoms with Crippen LogP contribution in [0, 0.1) is 5.82 Å². The molecule has 3 aromatic rings. The van der Waals surface area contributed by atoms with Crippen molar-refractivity contribution >= 4 is 11.3 Å². The van der Waals surface area contributed by atoms with Gasteiger partial charge in [0.2, 0.25) is 0 Å². The minimum atomic E-state index is -0.322. The molecule has 6 heteroatoms. The van der Waals surface area contributed by atoms with Crippen LogP contribution in [0.3, 0.4) is 0 Å². The van der Waals surface area contributed by atoms with E-state index >= 15 is 0 Å². The van der Waals surface area contributed by atoms with Crippen LogP contribution < -0.4 is 4.74 Å². The Morgan fingerprint density at radius 2 is 2.17 bits per heavy atom. The lowest BCUT2D eigenvalue weighted by atomic mass is 10.1. The Hall–Kier alpha value is -2.18. The van der Waals surface area contributed by atoms with E-state index in [1.54, 1.807) is 37.8 Å². The van der Waals surface area contributed by atoms with E-state index in [4.69, 9.17) is 9.47 Å². The first-order valence-corrected chi connectivity index (χ1v) is 8.02. The highest BCUT2D eigenvalue weighted by molar-refractivity contribution is 7.10. The third-order valence-corrected chi connectivity index (χ3v) is 4.59. The van der Waals surface area contributed by atoms with E-state index in [2.05, 4.69) is 4.98 Å². The predicted molar refractivity (Wildman–Crippen MR) is 88.2 cm³/mol. The molecule has 2 heterocycles. The summed E-state index contributed by atoms with van der Waals surface area (Å²) in [6, 6.07) is 8.45. The van der Waals surface area contributed by atoms with Gasteiger partial charge in [-0.3, -0.25) is 0 Å². The summed E-state index contributed by atoms with van der Waals surface area (Å²) in [5.74, 6) is 0.917. The molecule has 0 aliphatic rings. The quantitative estimate of drug-likeness (QED) is 0.680. The number of rotatable bonds is 6. The highest BCUT2D eigenvalue weighted by atomic mass is 32.1. The van der Waals surface area contributed by atoms with Gasteiger partial charge in [0, 0.05) is 24.4 Å². The normalized spacial score (nSPS) is 12.3. The number of nitrogens with zero attached hydrogens (tertiary/aromatic N) is 2. The maximum Gasteiger partial charge on any atom is 0.143 e. The number of hydrogen-bond acceptors (Lipinski definition) is 4. The van der Waals surface area contributed by atoms with Crippen LogP contribution in [0.15, 0.2) is 48.1 Å². The molecule has 0 saturated carbocycles. The molecule has 1 aromatic carbocycles. The number of imidazole rings is 1. The molecule has 0 radical (unpaired) electrons. The molecular formula is C17H17FN2O2S. The lowest BCUT2D eigenvalue weighted by molar-refractivity contribution is 0.0911. The molecular weight excluding hydrogens is 315 g/mol. The summed E-state index contributed by atoms with van der Waals surface area (Å²) >= 11 is 1.65. The Balaban J connectivity index is 1.95. The van der Waals surface area contributed by atoms with Gasteiger partial charge in [-0.15, -0.1) is 11.3 Å². The van der Waals surface area contributed by atoms with Crippen molar-refractivity contribution in [3.05, 3.63) is 58.8 Å². The zero-order chi connectivity index (χ0) is 16.2. The molecule has 0 amide bonds. The van der Waals surface area contributed by atoms with E-state index in [-0.39, 0.29) is 11.9 Å². The highest BCUT2D eigenvalue weighted by Crippen LogP contribution is 2.31. The van der Waals surface area contributed by atoms with Gasteiger partial charge in [-0.2, -0.15) is 0 Å². The van der Waals surface area contributed by atoms with Crippen molar-refractivity contribution in [1.82, 2.24) is 9.55 Å². The number of benzene rings is 1. The number of aromatic nitrogens is 2. The summed E-state index contributed by atoms with van der Waals surface area (Å²) in [5.41, 5.74) is 0.624. The summed E-state index contributed by atoms with van der Waals surface area (Å²) in [6.07, 6.45) is 3.47. The molecule has 120 valence electrons. The second kappa shape index (κ2) is 6.93. The van der Waals surface area contributed by atoms with Gasteiger partial charge in [0.05, 0.1) is 19.2 Å². The van der Waals surface area contributed by atoms with Gasteiger partial charge < -0.3 is 14.0 Å². The Kier molecular flexibility index (Phi) is 4.73. The zero-order valence-electron chi connectivity index (χ0n) is 12.9. The number of hydrogen-bond donors (Lipinski definition) is 0. The first-order valence-electron chi connectivity index (χ1n) is 7.14. The predicted octanol–water partition coefficient (Wildman–Crippen LogP) is 4.15. The number of halogens is 1. The molecule has 0 aliphatic carbocycles. The van der Waals surface area contributed by atoms with E-state index in [0.29, 0.717) is 23.7 Å². The van der Waals surface area contributed by atoms with E-state index in [1.807, 2.05) is 28.3 Å². The summed E-state index contributed by atoms with van der Waals surface area (Å²) in [5, 5.41) is 2.02. The van der Waals surface area contributed by atoms with Gasteiger partial charge in [-0.1, -0.05) is 6.07 Å². The topological polar surface area (TPSA) is 36.3 Å². The van der Waals surface area contributed by atoms with Gasteiger partial charge in [0.15, 0.2) is 0 Å². The Morgan fingerprint density at radius 1 is 1.30 bits per heavy atom. The Bertz CT molecular complexity index is 771. The lowest BCUT2D eigenvalue weighted by Gasteiger charge is -2.17. The van der Waals surface area contributed by atoms with Crippen molar-refractivity contribution in [1.29, 1.82) is 0 Å². The van der Waals surface area contributed by atoms with Crippen molar-refractivity contribution in [3.8, 4) is 17.1 Å². The fourth-order valence-corrected chi connectivity index (χ4v) is 3.28. The van der Waals surface area contributed by atoms with Crippen LogP contribution in [0.5, 0.6) is 5.75 Å². The van der Waals surface area contributed by atoms with Crippen LogP contribution in [0.2, 0.25) is 0 Å². The first kappa shape index (κ1) is 15.7. The van der Waals surface area contributed by atoms with Gasteiger partial charge in [0.1, 0.15) is 23.5 Å². The van der Waals surface area contributed by atoms with E-state index in [9.17, 15) is 4.39 Å². The van der Waals surface area contributed by atoms with Crippen molar-refractivity contribution < 1.29 is 13.9 Å². The number of thiophene rings is 1. The fraction of sp³-hybridized carbons (Fsp3) is 0.235. The molecule has 1 unspecified atom stereocenters. The monoisotopic (exact) mass is 332 g/mol. The smallest absolute Gasteiger partial charge is 0.143 e. The van der Waals surface area contributed by atoms with Crippen molar-refractivity contribution in [2.45, 2.75) is 12.6 Å². The van der Waals surface area contributed by atoms with Crippen molar-refractivity contribution in [2.24, 2.45) is 0 Å². The van der Waals surface area contributed by atoms with Crippen LogP contribution in [-0.4, -0.2) is 23.8 Å². The van der Waals surface area contributed by atoms with Crippen LogP contribution in [-0.2, 0) is 11.3 Å². The van der Waals surface area contributed by atoms with E-state index in [1.165, 1.54) is 12.1 Å². The SMILES string of the molecule is COc1ccc(F)cc1-c1nccn1CC(OC)c1cccs1. The van der Waals surface area contributed by atoms with Gasteiger partial charge in [-0.05, 0) is 29.6 Å². The first-order chi connectivity index (χ1) is 11.2. The number of ether oxygens (including phenoxy) is 2. The summed E-state index contributed by atoms with van der Waals surface area (Å²) in [6.45, 7) is 0.589. The third kappa shape index (κ3) is 3.28. The van der Waals surface area contributed by atoms with Crippen LogP contribution in [0.4, 0.5) is 4.39 Å². The summed E-state index contributed by atoms with van der Waals surface area (Å²) in [4.78, 5) is 5.51. The minimum absolute atomic E-state index is 0.0810. The zero-order valence-corrected chi connectivity index (χ0v) is 13.7. The highest BCUT2D eigenvalue weighted by Gasteiger charge is 2.17. The Labute approximate surface area is 138 Å². The average Bonchev–Trinajstić information content (AvgIpc) is 3.24. The molecule has 0 fully saturated rings. The molecule has 0 aliphatic heterocycles. The molecule has 0 spiro atoms. The van der Waals surface area contributed by atoms with E-state index < -0.39 is 0 Å². The molecule has 3 rings (SSSR count). The fourth-order valence-electron chi connectivity index (χ4n) is 2.49. The lowest BCUT2D eigenvalue weighted by Crippen LogP contribution is -2.11. The molecule has 0 N–H and O–H groups in total. The largest absolute Gasteiger partial charge is 0.496 e. The molecule has 0 bridgehead atoms. The molecule has 2 aromatic heterocycles. The molecule has 4 nitrogen and oxygen atoms in total. The standard InChI is InChI=1S/C17H17FN2O2S/c1-21-14-6-5-12(18)10-13(14)17-19-7-8-20(17)11-15(22-2)16-4-3-9-23-16/h3-10,15H,11H2,1-2H3. The maximum absolute atomic E-state index is 13.6. The van der Waals surface area contributed by atoms with Crippen LogP contribution in [0.1, 0.15) is 11.0 Å².